The summed E-state index contributed by atoms with van der Waals surface area (Å²) in [7, 11) is 2.13. The van der Waals surface area contributed by atoms with Gasteiger partial charge in [0.25, 0.3) is 5.89 Å². The minimum absolute atomic E-state index is 0.526. The molecule has 0 N–H and O–H groups in total. The van der Waals surface area contributed by atoms with Crippen LogP contribution in [0, 0.1) is 0 Å². The lowest BCUT2D eigenvalue weighted by atomic mass is 9.89. The highest BCUT2D eigenvalue weighted by molar-refractivity contribution is 5.60. The van der Waals surface area contributed by atoms with Crippen molar-refractivity contribution >= 4 is 5.57 Å². The van der Waals surface area contributed by atoms with Crippen molar-refractivity contribution in [2.24, 2.45) is 0 Å². The molecule has 4 heteroatoms. The monoisotopic (exact) mass is 247 g/mol. The van der Waals surface area contributed by atoms with Crippen LogP contribution >= 0.6 is 0 Å². The van der Waals surface area contributed by atoms with Gasteiger partial charge in [0.1, 0.15) is 0 Å². The maximum absolute atomic E-state index is 5.45. The van der Waals surface area contributed by atoms with Crippen molar-refractivity contribution in [1.82, 2.24) is 15.0 Å². The van der Waals surface area contributed by atoms with Gasteiger partial charge >= 0.3 is 0 Å². The fourth-order valence-corrected chi connectivity index (χ4v) is 2.94. The molecule has 2 heterocycles. The van der Waals surface area contributed by atoms with Crippen LogP contribution in [-0.2, 0) is 0 Å². The minimum Gasteiger partial charge on any atom is -0.334 e. The molecule has 1 aromatic rings. The van der Waals surface area contributed by atoms with Crippen LogP contribution in [0.4, 0.5) is 0 Å². The first kappa shape index (κ1) is 11.9. The Morgan fingerprint density at radius 3 is 2.89 bits per heavy atom. The van der Waals surface area contributed by atoms with E-state index in [4.69, 9.17) is 4.52 Å². The van der Waals surface area contributed by atoms with Gasteiger partial charge in [0, 0.05) is 24.6 Å². The number of rotatable bonds is 2. The van der Waals surface area contributed by atoms with Gasteiger partial charge in [-0.2, -0.15) is 4.98 Å². The van der Waals surface area contributed by atoms with E-state index in [2.05, 4.69) is 28.2 Å². The molecule has 0 aromatic carbocycles. The van der Waals surface area contributed by atoms with Crippen LogP contribution in [0.3, 0.4) is 0 Å². The maximum Gasteiger partial charge on any atom is 0.254 e. The van der Waals surface area contributed by atoms with Gasteiger partial charge in [-0.05, 0) is 26.3 Å². The van der Waals surface area contributed by atoms with Crippen LogP contribution in [0.5, 0.6) is 0 Å². The molecule has 0 saturated heterocycles. The summed E-state index contributed by atoms with van der Waals surface area (Å²) in [6.07, 6.45) is 9.72. The van der Waals surface area contributed by atoms with Crippen LogP contribution in [0.25, 0.3) is 5.57 Å². The summed E-state index contributed by atoms with van der Waals surface area (Å²) in [5, 5.41) is 4.19. The molecule has 1 aliphatic carbocycles. The second kappa shape index (κ2) is 5.22. The number of hydrogen-bond donors (Lipinski definition) is 0. The zero-order valence-corrected chi connectivity index (χ0v) is 11.1. The van der Waals surface area contributed by atoms with Crippen molar-refractivity contribution in [2.45, 2.75) is 44.4 Å². The lowest BCUT2D eigenvalue weighted by Crippen LogP contribution is -2.25. The molecule has 1 fully saturated rings. The summed E-state index contributed by atoms with van der Waals surface area (Å²) >= 11 is 0. The third-order valence-electron chi connectivity index (χ3n) is 4.03. The molecule has 0 radical (unpaired) electrons. The van der Waals surface area contributed by atoms with E-state index in [1.807, 2.05) is 0 Å². The van der Waals surface area contributed by atoms with Gasteiger partial charge < -0.3 is 9.42 Å². The smallest absolute Gasteiger partial charge is 0.254 e. The van der Waals surface area contributed by atoms with Crippen LogP contribution in [0.1, 0.15) is 56.2 Å². The zero-order chi connectivity index (χ0) is 12.4. The summed E-state index contributed by atoms with van der Waals surface area (Å²) < 4.78 is 5.45. The fourth-order valence-electron chi connectivity index (χ4n) is 2.94. The van der Waals surface area contributed by atoms with E-state index in [1.54, 1.807) is 0 Å². The van der Waals surface area contributed by atoms with Crippen LogP contribution < -0.4 is 0 Å². The highest BCUT2D eigenvalue weighted by Crippen LogP contribution is 2.31. The topological polar surface area (TPSA) is 42.2 Å². The summed E-state index contributed by atoms with van der Waals surface area (Å²) in [4.78, 5) is 6.91. The highest BCUT2D eigenvalue weighted by atomic mass is 16.5. The predicted molar refractivity (Wildman–Crippen MR) is 70.2 cm³/mol. The molecule has 0 atom stereocenters. The van der Waals surface area contributed by atoms with Crippen molar-refractivity contribution in [3.63, 3.8) is 0 Å². The second-order valence-electron chi connectivity index (χ2n) is 5.55. The number of aromatic nitrogens is 2. The molecule has 0 bridgehead atoms. The van der Waals surface area contributed by atoms with Gasteiger partial charge in [0.05, 0.1) is 0 Å². The van der Waals surface area contributed by atoms with E-state index in [9.17, 15) is 0 Å². The maximum atomic E-state index is 5.45. The van der Waals surface area contributed by atoms with Gasteiger partial charge in [-0.3, -0.25) is 0 Å². The SMILES string of the molecule is CN1CCC=C(c2nc(C3CCCCC3)no2)C1. The first-order chi connectivity index (χ1) is 8.83. The van der Waals surface area contributed by atoms with E-state index < -0.39 is 0 Å². The molecule has 1 aliphatic heterocycles. The van der Waals surface area contributed by atoms with Gasteiger partial charge in [-0.25, -0.2) is 0 Å². The van der Waals surface area contributed by atoms with Gasteiger partial charge in [-0.15, -0.1) is 0 Å². The quantitative estimate of drug-likeness (QED) is 0.806. The molecule has 4 nitrogen and oxygen atoms in total. The zero-order valence-electron chi connectivity index (χ0n) is 11.1. The molecular weight excluding hydrogens is 226 g/mol. The van der Waals surface area contributed by atoms with Crippen molar-refractivity contribution in [2.75, 3.05) is 20.1 Å². The Morgan fingerprint density at radius 2 is 2.11 bits per heavy atom. The number of likely N-dealkylation sites (N-methyl/N-ethyl adjacent to an activating group) is 1. The summed E-state index contributed by atoms with van der Waals surface area (Å²) in [5.41, 5.74) is 1.19. The molecule has 98 valence electrons. The Morgan fingerprint density at radius 1 is 1.28 bits per heavy atom. The lowest BCUT2D eigenvalue weighted by molar-refractivity contribution is 0.351. The predicted octanol–water partition coefficient (Wildman–Crippen LogP) is 2.84. The Bertz CT molecular complexity index is 432. The van der Waals surface area contributed by atoms with Crippen LogP contribution in [0.15, 0.2) is 10.6 Å². The minimum atomic E-state index is 0.526. The van der Waals surface area contributed by atoms with Gasteiger partial charge in [-0.1, -0.05) is 30.5 Å². The van der Waals surface area contributed by atoms with Crippen molar-refractivity contribution < 1.29 is 4.52 Å². The standard InChI is InChI=1S/C14H21N3O/c1-17-9-5-8-12(10-17)14-15-13(16-18-14)11-6-3-2-4-7-11/h8,11H,2-7,9-10H2,1H3. The first-order valence-electron chi connectivity index (χ1n) is 7.04. The van der Waals surface area contributed by atoms with Crippen molar-refractivity contribution in [3.05, 3.63) is 17.8 Å². The Kier molecular flexibility index (Phi) is 3.46. The highest BCUT2D eigenvalue weighted by Gasteiger charge is 2.22. The second-order valence-corrected chi connectivity index (χ2v) is 5.55. The Hall–Kier alpha value is -1.16. The number of nitrogens with zero attached hydrogens (tertiary/aromatic N) is 3. The Balaban J connectivity index is 1.74. The van der Waals surface area contributed by atoms with Crippen molar-refractivity contribution in [3.8, 4) is 0 Å². The van der Waals surface area contributed by atoms with Crippen LogP contribution in [0.2, 0.25) is 0 Å². The van der Waals surface area contributed by atoms with E-state index in [0.29, 0.717) is 5.92 Å². The summed E-state index contributed by atoms with van der Waals surface area (Å²) in [6, 6.07) is 0. The molecule has 2 aliphatic rings. The molecule has 0 unspecified atom stereocenters. The molecule has 1 saturated carbocycles. The van der Waals surface area contributed by atoms with E-state index >= 15 is 0 Å². The molecule has 0 spiro atoms. The average molecular weight is 247 g/mol. The molecule has 0 amide bonds. The van der Waals surface area contributed by atoms with E-state index in [1.165, 1.54) is 37.7 Å². The van der Waals surface area contributed by atoms with Gasteiger partial charge in [0.2, 0.25) is 0 Å². The average Bonchev–Trinajstić information content (AvgIpc) is 2.89. The van der Waals surface area contributed by atoms with Crippen LogP contribution in [-0.4, -0.2) is 35.2 Å². The normalized spacial score (nSPS) is 23.1. The third-order valence-corrected chi connectivity index (χ3v) is 4.03. The summed E-state index contributed by atoms with van der Waals surface area (Å²) in [6.45, 7) is 2.04. The Labute approximate surface area is 108 Å². The lowest BCUT2D eigenvalue weighted by Gasteiger charge is -2.20. The summed E-state index contributed by atoms with van der Waals surface area (Å²) in [5.74, 6) is 2.19. The van der Waals surface area contributed by atoms with Gasteiger partial charge in [0.15, 0.2) is 5.82 Å². The molecular formula is C14H21N3O. The first-order valence-corrected chi connectivity index (χ1v) is 7.04. The van der Waals surface area contributed by atoms with E-state index in [-0.39, 0.29) is 0 Å². The fraction of sp³-hybridized carbons (Fsp3) is 0.714. The van der Waals surface area contributed by atoms with E-state index in [0.717, 1.165) is 31.2 Å². The van der Waals surface area contributed by atoms with Crippen molar-refractivity contribution in [1.29, 1.82) is 0 Å². The third kappa shape index (κ3) is 2.48. The molecule has 3 rings (SSSR count). The molecule has 1 aromatic heterocycles. The largest absolute Gasteiger partial charge is 0.334 e. The molecule has 18 heavy (non-hydrogen) atoms. The number of hydrogen-bond acceptors (Lipinski definition) is 4.